The first-order valence-electron chi connectivity index (χ1n) is 10.5. The maximum absolute atomic E-state index is 11.6. The molecular formula is C23H39NO2. The van der Waals surface area contributed by atoms with E-state index < -0.39 is 5.60 Å². The molecule has 0 saturated heterocycles. The van der Waals surface area contributed by atoms with Crippen molar-refractivity contribution in [2.75, 3.05) is 7.05 Å². The van der Waals surface area contributed by atoms with Gasteiger partial charge < -0.3 is 15.9 Å². The fourth-order valence-electron chi connectivity index (χ4n) is 5.51. The molecule has 0 radical (unpaired) electrons. The van der Waals surface area contributed by atoms with Crippen LogP contribution in [0, 0.1) is 17.3 Å². The van der Waals surface area contributed by atoms with Crippen LogP contribution in [0.2, 0.25) is 0 Å². The van der Waals surface area contributed by atoms with Crippen molar-refractivity contribution in [3.63, 3.8) is 0 Å². The molecule has 3 heteroatoms. The van der Waals surface area contributed by atoms with Gasteiger partial charge in [-0.25, -0.2) is 0 Å². The van der Waals surface area contributed by atoms with Crippen molar-refractivity contribution in [1.82, 2.24) is 0 Å². The third-order valence-electron chi connectivity index (χ3n) is 7.21. The molecule has 4 unspecified atom stereocenters. The highest BCUT2D eigenvalue weighted by molar-refractivity contribution is 5.43. The Balaban J connectivity index is 0.000000570. The number of fused-ring (bicyclic) bond motifs is 4. The summed E-state index contributed by atoms with van der Waals surface area (Å²) in [5.74, 6) is 0.891. The molecule has 0 spiro atoms. The minimum Gasteiger partial charge on any atom is -0.393 e. The molecule has 26 heavy (non-hydrogen) atoms. The van der Waals surface area contributed by atoms with Gasteiger partial charge in [-0.3, -0.25) is 0 Å². The fraction of sp³-hybridized carbons (Fsp3) is 0.739. The zero-order chi connectivity index (χ0) is 19.5. The average Bonchev–Trinajstić information content (AvgIpc) is 2.88. The Morgan fingerprint density at radius 1 is 1.12 bits per heavy atom. The lowest BCUT2D eigenvalue weighted by molar-refractivity contribution is -0.0380. The number of aliphatic hydroxyl groups is 2. The molecule has 4 N–H and O–H groups in total. The molecule has 0 aromatic heterocycles. The van der Waals surface area contributed by atoms with Crippen LogP contribution in [-0.2, 0) is 0 Å². The van der Waals surface area contributed by atoms with Gasteiger partial charge in [0, 0.05) is 5.92 Å². The first kappa shape index (κ1) is 21.4. The molecule has 0 aliphatic heterocycles. The minimum absolute atomic E-state index is 0.131. The third-order valence-corrected chi connectivity index (χ3v) is 7.21. The minimum atomic E-state index is -0.670. The van der Waals surface area contributed by atoms with E-state index in [2.05, 4.69) is 37.8 Å². The lowest BCUT2D eigenvalue weighted by Crippen LogP contribution is -2.48. The van der Waals surface area contributed by atoms with Crippen molar-refractivity contribution in [2.45, 2.75) is 84.3 Å². The average molecular weight is 362 g/mol. The van der Waals surface area contributed by atoms with Gasteiger partial charge in [-0.2, -0.15) is 0 Å². The summed E-state index contributed by atoms with van der Waals surface area (Å²) in [6.45, 7) is 8.56. The fourth-order valence-corrected chi connectivity index (χ4v) is 5.51. The Hall–Kier alpha value is -0.900. The van der Waals surface area contributed by atoms with Gasteiger partial charge in [0.1, 0.15) is 0 Å². The zero-order valence-electron chi connectivity index (χ0n) is 17.4. The number of hydrogen-bond donors (Lipinski definition) is 3. The molecule has 148 valence electrons. The third kappa shape index (κ3) is 3.46. The summed E-state index contributed by atoms with van der Waals surface area (Å²) in [7, 11) is 1.50. The van der Waals surface area contributed by atoms with Crippen molar-refractivity contribution in [3.05, 3.63) is 34.9 Å². The van der Waals surface area contributed by atoms with Gasteiger partial charge >= 0.3 is 0 Å². The molecule has 4 aliphatic carbocycles. The zero-order valence-corrected chi connectivity index (χ0v) is 17.4. The highest BCUT2D eigenvalue weighted by Crippen LogP contribution is 2.58. The van der Waals surface area contributed by atoms with Crippen molar-refractivity contribution in [3.8, 4) is 0 Å². The lowest BCUT2D eigenvalue weighted by Gasteiger charge is -2.48. The number of aliphatic hydroxyl groups excluding tert-OH is 1. The molecule has 4 rings (SSSR count). The highest BCUT2D eigenvalue weighted by Gasteiger charge is 2.54. The van der Waals surface area contributed by atoms with E-state index in [1.54, 1.807) is 0 Å². The van der Waals surface area contributed by atoms with Crippen LogP contribution in [0.3, 0.4) is 0 Å². The Bertz CT molecular complexity index is 591. The van der Waals surface area contributed by atoms with Gasteiger partial charge in [-0.15, -0.1) is 0 Å². The number of hydrogen-bond acceptors (Lipinski definition) is 3. The van der Waals surface area contributed by atoms with Crippen molar-refractivity contribution in [1.29, 1.82) is 0 Å². The molecule has 0 amide bonds. The van der Waals surface area contributed by atoms with E-state index in [1.807, 2.05) is 13.8 Å². The van der Waals surface area contributed by atoms with Crippen LogP contribution >= 0.6 is 0 Å². The number of allylic oxidation sites excluding steroid dienone is 3. The first-order valence-corrected chi connectivity index (χ1v) is 10.5. The van der Waals surface area contributed by atoms with Crippen molar-refractivity contribution in [2.24, 2.45) is 23.0 Å². The summed E-state index contributed by atoms with van der Waals surface area (Å²) < 4.78 is 0. The van der Waals surface area contributed by atoms with Crippen LogP contribution in [-0.4, -0.2) is 29.0 Å². The molecule has 0 heterocycles. The molecular weight excluding hydrogens is 322 g/mol. The summed E-state index contributed by atoms with van der Waals surface area (Å²) in [5, 5.41) is 21.6. The van der Waals surface area contributed by atoms with Gasteiger partial charge in [-0.05, 0) is 75.8 Å². The van der Waals surface area contributed by atoms with Gasteiger partial charge in [0.25, 0.3) is 0 Å². The summed E-state index contributed by atoms with van der Waals surface area (Å²) in [5.41, 5.74) is 7.94. The second-order valence-electron chi connectivity index (χ2n) is 8.27. The Morgan fingerprint density at radius 3 is 2.50 bits per heavy atom. The molecule has 1 saturated carbocycles. The molecule has 4 aliphatic rings. The predicted molar refractivity (Wildman–Crippen MR) is 110 cm³/mol. The van der Waals surface area contributed by atoms with Crippen LogP contribution in [0.4, 0.5) is 0 Å². The van der Waals surface area contributed by atoms with Gasteiger partial charge in [0.15, 0.2) is 0 Å². The molecule has 0 aromatic carbocycles. The Labute approximate surface area is 160 Å². The van der Waals surface area contributed by atoms with E-state index in [0.717, 1.165) is 50.5 Å². The molecule has 1 fully saturated rings. The van der Waals surface area contributed by atoms with Gasteiger partial charge in [0.2, 0.25) is 0 Å². The maximum Gasteiger partial charge on any atom is 0.0933 e. The van der Waals surface area contributed by atoms with Gasteiger partial charge in [0.05, 0.1) is 11.7 Å². The Kier molecular flexibility index (Phi) is 6.92. The van der Waals surface area contributed by atoms with E-state index in [0.29, 0.717) is 11.8 Å². The van der Waals surface area contributed by atoms with Crippen LogP contribution in [0.25, 0.3) is 0 Å². The van der Waals surface area contributed by atoms with Crippen LogP contribution in [0.15, 0.2) is 34.9 Å². The number of nitrogens with two attached hydrogens (primary N) is 1. The van der Waals surface area contributed by atoms with Crippen LogP contribution in [0.1, 0.15) is 72.6 Å². The predicted octanol–water partition coefficient (Wildman–Crippen LogP) is 4.50. The van der Waals surface area contributed by atoms with E-state index in [1.165, 1.54) is 18.2 Å². The second-order valence-corrected chi connectivity index (χ2v) is 8.27. The first-order chi connectivity index (χ1) is 12.4. The summed E-state index contributed by atoms with van der Waals surface area (Å²) in [6.07, 6.45) is 13.5. The van der Waals surface area contributed by atoms with E-state index in [9.17, 15) is 10.2 Å². The maximum atomic E-state index is 11.6. The monoisotopic (exact) mass is 361 g/mol. The molecule has 0 bridgehead atoms. The second kappa shape index (κ2) is 8.41. The largest absolute Gasteiger partial charge is 0.393 e. The van der Waals surface area contributed by atoms with Crippen LogP contribution in [0.5, 0.6) is 0 Å². The summed E-state index contributed by atoms with van der Waals surface area (Å²) in [6, 6.07) is 0. The quantitative estimate of drug-likeness (QED) is 0.556. The van der Waals surface area contributed by atoms with Crippen LogP contribution < -0.4 is 5.73 Å². The van der Waals surface area contributed by atoms with Crippen molar-refractivity contribution < 1.29 is 10.2 Å². The molecule has 3 nitrogen and oxygen atoms in total. The topological polar surface area (TPSA) is 66.5 Å². The number of rotatable bonds is 0. The summed E-state index contributed by atoms with van der Waals surface area (Å²) in [4.78, 5) is 0. The normalized spacial score (nSPS) is 40.6. The lowest BCUT2D eigenvalue weighted by atomic mass is 9.59. The van der Waals surface area contributed by atoms with Crippen molar-refractivity contribution >= 4 is 0 Å². The molecule has 0 aromatic rings. The van der Waals surface area contributed by atoms with E-state index in [4.69, 9.17) is 0 Å². The van der Waals surface area contributed by atoms with Gasteiger partial charge in [-0.1, -0.05) is 50.1 Å². The standard InChI is InChI=1S/C20H28O2.C2H6.CH5N/c1-13-3-6-18-19(13,2)9-8-16-11-15-12-17(21)5-4-14(15)7-10-20(16,18)22;2*1-2/h3,8,11,14,17-18,21-22H,4-7,9-10,12H2,1-2H3;1-2H3;2H2,1H3/t14?,17?,18?,19?,20-;;/m1../s1. The highest BCUT2D eigenvalue weighted by atomic mass is 16.3. The SMILES string of the molecule is CC.CC1=CCC2C1(C)CC=C1C=C3CC(O)CCC3CC[C@@]12O.CN. The smallest absolute Gasteiger partial charge is 0.0933 e. The Morgan fingerprint density at radius 2 is 1.81 bits per heavy atom. The summed E-state index contributed by atoms with van der Waals surface area (Å²) >= 11 is 0. The molecule has 5 atom stereocenters. The van der Waals surface area contributed by atoms with E-state index >= 15 is 0 Å². The van der Waals surface area contributed by atoms with E-state index in [-0.39, 0.29) is 11.5 Å².